The Morgan fingerprint density at radius 2 is 1.78 bits per heavy atom. The Kier molecular flexibility index (Phi) is 8.81. The van der Waals surface area contributed by atoms with Crippen LogP contribution in [0.2, 0.25) is 0 Å². The Labute approximate surface area is 188 Å². The van der Waals surface area contributed by atoms with E-state index in [4.69, 9.17) is 9.47 Å². The molecule has 1 aromatic rings. The number of methoxy groups -OCH3 is 1. The Balaban J connectivity index is 1.44. The number of amides is 1. The van der Waals surface area contributed by atoms with Crippen molar-refractivity contribution in [3.63, 3.8) is 0 Å². The van der Waals surface area contributed by atoms with Crippen molar-refractivity contribution in [2.75, 3.05) is 46.6 Å². The fourth-order valence-electron chi connectivity index (χ4n) is 4.36. The lowest BCUT2D eigenvalue weighted by Gasteiger charge is -2.48. The number of carbonyl (C=O) groups excluding carboxylic acids is 3. The highest BCUT2D eigenvalue weighted by Crippen LogP contribution is 2.33. The summed E-state index contributed by atoms with van der Waals surface area (Å²) in [6, 6.07) is 6.61. The number of nitrogens with one attached hydrogen (secondary N) is 1. The Morgan fingerprint density at radius 1 is 1.09 bits per heavy atom. The number of benzene rings is 1. The Morgan fingerprint density at radius 3 is 2.44 bits per heavy atom. The van der Waals surface area contributed by atoms with E-state index in [2.05, 4.69) is 15.0 Å². The van der Waals surface area contributed by atoms with Crippen molar-refractivity contribution in [2.45, 2.75) is 37.6 Å². The molecule has 1 saturated heterocycles. The van der Waals surface area contributed by atoms with Crippen molar-refractivity contribution >= 4 is 23.9 Å². The topological polar surface area (TPSA) is 94.2 Å². The number of rotatable bonds is 8. The van der Waals surface area contributed by atoms with Gasteiger partial charge in [-0.2, -0.15) is 0 Å². The molecule has 0 spiro atoms. The molecule has 1 N–H and O–H groups in total. The first-order valence-corrected chi connectivity index (χ1v) is 11.2. The molecule has 32 heavy (non-hydrogen) atoms. The molecular weight excluding hydrogens is 412 g/mol. The molecule has 174 valence electrons. The summed E-state index contributed by atoms with van der Waals surface area (Å²) in [6.45, 7) is 3.47. The predicted octanol–water partition coefficient (Wildman–Crippen LogP) is 2.18. The van der Waals surface area contributed by atoms with E-state index in [9.17, 15) is 14.4 Å². The van der Waals surface area contributed by atoms with Crippen molar-refractivity contribution in [1.82, 2.24) is 10.2 Å². The van der Waals surface area contributed by atoms with Crippen LogP contribution in [-0.2, 0) is 23.8 Å². The normalized spacial score (nSPS) is 18.8. The summed E-state index contributed by atoms with van der Waals surface area (Å²) >= 11 is 0. The van der Waals surface area contributed by atoms with E-state index in [1.807, 2.05) is 0 Å². The van der Waals surface area contributed by atoms with Gasteiger partial charge >= 0.3 is 11.9 Å². The second-order valence-corrected chi connectivity index (χ2v) is 8.22. The van der Waals surface area contributed by atoms with Gasteiger partial charge in [-0.05, 0) is 36.6 Å². The van der Waals surface area contributed by atoms with E-state index in [1.165, 1.54) is 19.6 Å². The summed E-state index contributed by atoms with van der Waals surface area (Å²) in [4.78, 5) is 38.2. The summed E-state index contributed by atoms with van der Waals surface area (Å²) in [6.07, 6.45) is 8.50. The van der Waals surface area contributed by atoms with E-state index in [0.717, 1.165) is 57.6 Å². The molecule has 0 unspecified atom stereocenters. The highest BCUT2D eigenvalue weighted by atomic mass is 16.5. The molecule has 8 nitrogen and oxygen atoms in total. The van der Waals surface area contributed by atoms with Gasteiger partial charge in [0, 0.05) is 31.2 Å². The average Bonchev–Trinajstić information content (AvgIpc) is 2.86. The summed E-state index contributed by atoms with van der Waals surface area (Å²) in [5.41, 5.74) is 1.12. The summed E-state index contributed by atoms with van der Waals surface area (Å²) in [5.74, 6) is -1.32. The Hall–Kier alpha value is -2.71. The third kappa shape index (κ3) is 6.64. The molecule has 0 bridgehead atoms. The van der Waals surface area contributed by atoms with Crippen LogP contribution in [-0.4, -0.2) is 74.8 Å². The van der Waals surface area contributed by atoms with Crippen LogP contribution in [0.3, 0.4) is 0 Å². The number of ether oxygens (including phenoxy) is 3. The predicted molar refractivity (Wildman–Crippen MR) is 119 cm³/mol. The lowest BCUT2D eigenvalue weighted by Crippen LogP contribution is -2.59. The maximum atomic E-state index is 12.3. The van der Waals surface area contributed by atoms with Crippen LogP contribution in [0.25, 0.3) is 6.08 Å². The first kappa shape index (κ1) is 23.9. The van der Waals surface area contributed by atoms with Gasteiger partial charge in [0.25, 0.3) is 5.91 Å². The second-order valence-electron chi connectivity index (χ2n) is 8.22. The van der Waals surface area contributed by atoms with Gasteiger partial charge in [-0.15, -0.1) is 0 Å². The van der Waals surface area contributed by atoms with Crippen molar-refractivity contribution in [1.29, 1.82) is 0 Å². The minimum Gasteiger partial charge on any atom is -0.465 e. The van der Waals surface area contributed by atoms with Gasteiger partial charge in [0.15, 0.2) is 6.61 Å². The van der Waals surface area contributed by atoms with Gasteiger partial charge in [-0.3, -0.25) is 9.69 Å². The SMILES string of the molecule is COC(=O)c1ccc(/C=C/C(=O)OCC(=O)NCC2(N3CCOCC3)CCCCC2)cc1. The first-order chi connectivity index (χ1) is 15.5. The van der Waals surface area contributed by atoms with Crippen molar-refractivity contribution in [3.05, 3.63) is 41.5 Å². The highest BCUT2D eigenvalue weighted by Gasteiger charge is 2.38. The van der Waals surface area contributed by atoms with Crippen LogP contribution < -0.4 is 5.32 Å². The zero-order valence-corrected chi connectivity index (χ0v) is 18.6. The number of nitrogens with zero attached hydrogens (tertiary/aromatic N) is 1. The lowest BCUT2D eigenvalue weighted by atomic mass is 9.79. The van der Waals surface area contributed by atoms with Gasteiger partial charge in [-0.25, -0.2) is 9.59 Å². The molecule has 2 aliphatic rings. The smallest absolute Gasteiger partial charge is 0.337 e. The van der Waals surface area contributed by atoms with E-state index in [1.54, 1.807) is 30.3 Å². The lowest BCUT2D eigenvalue weighted by molar-refractivity contribution is -0.144. The molecule has 3 rings (SSSR count). The van der Waals surface area contributed by atoms with Crippen molar-refractivity contribution < 1.29 is 28.6 Å². The molecule has 1 amide bonds. The number of hydrogen-bond donors (Lipinski definition) is 1. The van der Waals surface area contributed by atoms with Crippen molar-refractivity contribution in [3.8, 4) is 0 Å². The van der Waals surface area contributed by atoms with Crippen molar-refractivity contribution in [2.24, 2.45) is 0 Å². The fraction of sp³-hybridized carbons (Fsp3) is 0.542. The minimum atomic E-state index is -0.599. The molecule has 1 saturated carbocycles. The third-order valence-corrected chi connectivity index (χ3v) is 6.17. The molecule has 0 atom stereocenters. The fourth-order valence-corrected chi connectivity index (χ4v) is 4.36. The quantitative estimate of drug-likeness (QED) is 0.485. The maximum Gasteiger partial charge on any atom is 0.337 e. The second kappa shape index (κ2) is 11.8. The van der Waals surface area contributed by atoms with Crippen LogP contribution >= 0.6 is 0 Å². The molecule has 1 heterocycles. The third-order valence-electron chi connectivity index (χ3n) is 6.17. The first-order valence-electron chi connectivity index (χ1n) is 11.2. The molecular formula is C24H32N2O6. The van der Waals surface area contributed by atoms with Crippen LogP contribution in [0.4, 0.5) is 0 Å². The van der Waals surface area contributed by atoms with Crippen LogP contribution in [0.1, 0.15) is 48.0 Å². The zero-order chi connectivity index (χ0) is 22.8. The number of hydrogen-bond acceptors (Lipinski definition) is 7. The molecule has 1 aliphatic carbocycles. The maximum absolute atomic E-state index is 12.3. The summed E-state index contributed by atoms with van der Waals surface area (Å²) in [5, 5.41) is 2.98. The zero-order valence-electron chi connectivity index (χ0n) is 18.6. The van der Waals surface area contributed by atoms with E-state index in [-0.39, 0.29) is 18.1 Å². The molecule has 0 radical (unpaired) electrons. The number of carbonyl (C=O) groups is 3. The minimum absolute atomic E-state index is 0.0298. The van der Waals surface area contributed by atoms with Gasteiger partial charge in [0.1, 0.15) is 0 Å². The molecule has 1 aliphatic heterocycles. The largest absolute Gasteiger partial charge is 0.465 e. The molecule has 1 aromatic carbocycles. The number of morpholine rings is 1. The Bertz CT molecular complexity index is 808. The monoisotopic (exact) mass is 444 g/mol. The van der Waals surface area contributed by atoms with Crippen LogP contribution in [0.5, 0.6) is 0 Å². The molecule has 0 aromatic heterocycles. The highest BCUT2D eigenvalue weighted by molar-refractivity contribution is 5.91. The van der Waals surface area contributed by atoms with Crippen LogP contribution in [0.15, 0.2) is 30.3 Å². The van der Waals surface area contributed by atoms with Crippen LogP contribution in [0, 0.1) is 0 Å². The summed E-state index contributed by atoms with van der Waals surface area (Å²) < 4.78 is 15.2. The molecule has 8 heteroatoms. The van der Waals surface area contributed by atoms with Gasteiger partial charge in [0.2, 0.25) is 0 Å². The van der Waals surface area contributed by atoms with Gasteiger partial charge < -0.3 is 19.5 Å². The summed E-state index contributed by atoms with van der Waals surface area (Å²) in [7, 11) is 1.32. The molecule has 2 fully saturated rings. The van der Waals surface area contributed by atoms with E-state index >= 15 is 0 Å². The van der Waals surface area contributed by atoms with E-state index in [0.29, 0.717) is 12.1 Å². The van der Waals surface area contributed by atoms with Gasteiger partial charge in [0.05, 0.1) is 25.9 Å². The van der Waals surface area contributed by atoms with E-state index < -0.39 is 11.9 Å². The average molecular weight is 445 g/mol. The standard InChI is InChI=1S/C24H32N2O6/c1-30-23(29)20-8-5-19(6-9-20)7-10-22(28)32-17-21(27)25-18-24(11-3-2-4-12-24)26-13-15-31-16-14-26/h5-10H,2-4,11-18H2,1H3,(H,25,27)/b10-7+. The number of esters is 2. The van der Waals surface area contributed by atoms with Gasteiger partial charge in [-0.1, -0.05) is 31.4 Å².